The van der Waals surface area contributed by atoms with Crippen molar-refractivity contribution in [2.45, 2.75) is 6.43 Å². The van der Waals surface area contributed by atoms with Gasteiger partial charge in [-0.3, -0.25) is 9.20 Å². The van der Waals surface area contributed by atoms with Gasteiger partial charge in [-0.1, -0.05) is 0 Å². The van der Waals surface area contributed by atoms with E-state index < -0.39 is 17.7 Å². The lowest BCUT2D eigenvalue weighted by Crippen LogP contribution is -2.15. The van der Waals surface area contributed by atoms with E-state index in [0.29, 0.717) is 0 Å². The molecule has 0 saturated carbocycles. The van der Waals surface area contributed by atoms with Crippen LogP contribution in [0.5, 0.6) is 0 Å². The van der Waals surface area contributed by atoms with Gasteiger partial charge in [-0.25, -0.2) is 13.8 Å². The standard InChI is InChI=1S/C10H5F2N3O/c11-10(12)7-4-9(16)15-2-1-6(5-13)3-8(15)14-7/h1-4,10H. The Labute approximate surface area is 88.4 Å². The summed E-state index contributed by atoms with van der Waals surface area (Å²) in [5.74, 6) is 0. The number of nitriles is 1. The van der Waals surface area contributed by atoms with Crippen molar-refractivity contribution in [3.8, 4) is 6.07 Å². The first-order valence-corrected chi connectivity index (χ1v) is 4.33. The topological polar surface area (TPSA) is 58.2 Å². The van der Waals surface area contributed by atoms with Crippen LogP contribution in [0.25, 0.3) is 5.65 Å². The fourth-order valence-corrected chi connectivity index (χ4v) is 1.30. The second-order valence-electron chi connectivity index (χ2n) is 3.08. The molecule has 0 saturated heterocycles. The van der Waals surface area contributed by atoms with Gasteiger partial charge in [-0.15, -0.1) is 0 Å². The van der Waals surface area contributed by atoms with Crippen molar-refractivity contribution in [3.63, 3.8) is 0 Å². The molecule has 0 spiro atoms. The highest BCUT2D eigenvalue weighted by Gasteiger charge is 2.11. The Balaban J connectivity index is 2.79. The lowest BCUT2D eigenvalue weighted by atomic mass is 10.3. The molecule has 2 heterocycles. The second-order valence-corrected chi connectivity index (χ2v) is 3.08. The summed E-state index contributed by atoms with van der Waals surface area (Å²) >= 11 is 0. The van der Waals surface area contributed by atoms with Crippen molar-refractivity contribution < 1.29 is 8.78 Å². The summed E-state index contributed by atoms with van der Waals surface area (Å²) < 4.78 is 25.9. The highest BCUT2D eigenvalue weighted by atomic mass is 19.3. The zero-order valence-electron chi connectivity index (χ0n) is 7.89. The molecule has 0 aliphatic carbocycles. The normalized spacial score (nSPS) is 10.6. The predicted octanol–water partition coefficient (Wildman–Crippen LogP) is 1.50. The molecule has 0 fully saturated rings. The minimum atomic E-state index is -2.80. The van der Waals surface area contributed by atoms with Crippen LogP contribution in [0.4, 0.5) is 8.78 Å². The van der Waals surface area contributed by atoms with Crippen molar-refractivity contribution in [2.75, 3.05) is 0 Å². The fraction of sp³-hybridized carbons (Fsp3) is 0.100. The van der Waals surface area contributed by atoms with Crippen LogP contribution >= 0.6 is 0 Å². The van der Waals surface area contributed by atoms with Gasteiger partial charge in [0.15, 0.2) is 0 Å². The Hall–Kier alpha value is -2.29. The maximum absolute atomic E-state index is 12.4. The van der Waals surface area contributed by atoms with E-state index in [0.717, 1.165) is 10.5 Å². The van der Waals surface area contributed by atoms with Crippen molar-refractivity contribution in [1.82, 2.24) is 9.38 Å². The predicted molar refractivity (Wildman–Crippen MR) is 51.1 cm³/mol. The van der Waals surface area contributed by atoms with Gasteiger partial charge in [0.2, 0.25) is 0 Å². The van der Waals surface area contributed by atoms with E-state index in [4.69, 9.17) is 5.26 Å². The van der Waals surface area contributed by atoms with Gasteiger partial charge >= 0.3 is 0 Å². The third-order valence-corrected chi connectivity index (χ3v) is 2.04. The number of hydrogen-bond donors (Lipinski definition) is 0. The summed E-state index contributed by atoms with van der Waals surface area (Å²) in [6, 6.07) is 5.33. The SMILES string of the molecule is N#Cc1ccn2c(=O)cc(C(F)F)nc2c1. The van der Waals surface area contributed by atoms with Gasteiger partial charge in [0.05, 0.1) is 11.6 Å². The zero-order valence-corrected chi connectivity index (χ0v) is 7.89. The molecule has 0 aliphatic rings. The van der Waals surface area contributed by atoms with Crippen LogP contribution in [0.3, 0.4) is 0 Å². The Morgan fingerprint density at radius 3 is 2.81 bits per heavy atom. The Morgan fingerprint density at radius 1 is 1.44 bits per heavy atom. The van der Waals surface area contributed by atoms with Gasteiger partial charge in [0.25, 0.3) is 12.0 Å². The molecule has 0 N–H and O–H groups in total. The number of hydrogen-bond acceptors (Lipinski definition) is 3. The molecule has 2 aromatic rings. The first-order chi connectivity index (χ1) is 7.61. The van der Waals surface area contributed by atoms with E-state index in [1.165, 1.54) is 18.3 Å². The summed E-state index contributed by atoms with van der Waals surface area (Å²) in [6.07, 6.45) is -1.47. The van der Waals surface area contributed by atoms with E-state index in [1.807, 2.05) is 6.07 Å². The van der Waals surface area contributed by atoms with E-state index in [1.54, 1.807) is 0 Å². The van der Waals surface area contributed by atoms with Crippen molar-refractivity contribution in [2.24, 2.45) is 0 Å². The quantitative estimate of drug-likeness (QED) is 0.733. The van der Waals surface area contributed by atoms with Crippen LogP contribution in [-0.2, 0) is 0 Å². The lowest BCUT2D eigenvalue weighted by molar-refractivity contribution is 0.146. The summed E-state index contributed by atoms with van der Waals surface area (Å²) in [7, 11) is 0. The zero-order chi connectivity index (χ0) is 11.7. The highest BCUT2D eigenvalue weighted by Crippen LogP contribution is 2.15. The first kappa shape index (κ1) is 10.2. The Morgan fingerprint density at radius 2 is 2.19 bits per heavy atom. The summed E-state index contributed by atoms with van der Waals surface area (Å²) in [5, 5.41) is 8.63. The third kappa shape index (κ3) is 1.63. The summed E-state index contributed by atoms with van der Waals surface area (Å²) in [4.78, 5) is 15.0. The van der Waals surface area contributed by atoms with E-state index >= 15 is 0 Å². The molecular weight excluding hydrogens is 216 g/mol. The van der Waals surface area contributed by atoms with Gasteiger partial charge < -0.3 is 0 Å². The lowest BCUT2D eigenvalue weighted by Gasteiger charge is -2.02. The maximum atomic E-state index is 12.4. The molecule has 80 valence electrons. The van der Waals surface area contributed by atoms with Crippen molar-refractivity contribution in [3.05, 3.63) is 46.0 Å². The molecule has 0 radical (unpaired) electrons. The van der Waals surface area contributed by atoms with Crippen LogP contribution in [0, 0.1) is 11.3 Å². The number of fused-ring (bicyclic) bond motifs is 1. The van der Waals surface area contributed by atoms with E-state index in [9.17, 15) is 13.6 Å². The monoisotopic (exact) mass is 221 g/mol. The van der Waals surface area contributed by atoms with Gasteiger partial charge in [0.1, 0.15) is 11.3 Å². The van der Waals surface area contributed by atoms with Crippen LogP contribution in [0.2, 0.25) is 0 Å². The largest absolute Gasteiger partial charge is 0.280 e. The number of halogens is 2. The van der Waals surface area contributed by atoms with Crippen molar-refractivity contribution >= 4 is 5.65 Å². The number of pyridine rings is 1. The Bertz CT molecular complexity index is 643. The Kier molecular flexibility index (Phi) is 2.37. The molecule has 2 rings (SSSR count). The highest BCUT2D eigenvalue weighted by molar-refractivity contribution is 5.45. The molecule has 4 nitrogen and oxygen atoms in total. The minimum Gasteiger partial charge on any atom is -0.269 e. The summed E-state index contributed by atoms with van der Waals surface area (Å²) in [6.45, 7) is 0. The second kappa shape index (κ2) is 3.70. The van der Waals surface area contributed by atoms with Gasteiger partial charge in [0, 0.05) is 12.3 Å². The molecule has 0 unspecified atom stereocenters. The maximum Gasteiger partial charge on any atom is 0.280 e. The van der Waals surface area contributed by atoms with Crippen LogP contribution in [-0.4, -0.2) is 9.38 Å². The third-order valence-electron chi connectivity index (χ3n) is 2.04. The molecule has 16 heavy (non-hydrogen) atoms. The van der Waals surface area contributed by atoms with Crippen LogP contribution < -0.4 is 5.56 Å². The van der Waals surface area contributed by atoms with Crippen LogP contribution in [0.15, 0.2) is 29.2 Å². The molecule has 0 aromatic carbocycles. The van der Waals surface area contributed by atoms with Gasteiger partial charge in [-0.05, 0) is 12.1 Å². The molecule has 0 atom stereocenters. The molecule has 0 bridgehead atoms. The molecule has 2 aromatic heterocycles. The smallest absolute Gasteiger partial charge is 0.269 e. The summed E-state index contributed by atoms with van der Waals surface area (Å²) in [5.41, 5.74) is -0.870. The molecule has 6 heteroatoms. The van der Waals surface area contributed by atoms with E-state index in [-0.39, 0.29) is 11.2 Å². The minimum absolute atomic E-state index is 0.0434. The number of nitrogens with zero attached hydrogens (tertiary/aromatic N) is 3. The number of alkyl halides is 2. The molecule has 0 amide bonds. The number of rotatable bonds is 1. The average molecular weight is 221 g/mol. The van der Waals surface area contributed by atoms with E-state index in [2.05, 4.69) is 4.98 Å². The van der Waals surface area contributed by atoms with Gasteiger partial charge in [-0.2, -0.15) is 5.26 Å². The molecule has 0 aliphatic heterocycles. The number of aromatic nitrogens is 2. The van der Waals surface area contributed by atoms with Crippen LogP contribution in [0.1, 0.15) is 17.7 Å². The molecular formula is C10H5F2N3O. The first-order valence-electron chi connectivity index (χ1n) is 4.33. The van der Waals surface area contributed by atoms with Crippen molar-refractivity contribution in [1.29, 1.82) is 5.26 Å². The fourth-order valence-electron chi connectivity index (χ4n) is 1.30. The average Bonchev–Trinajstić information content (AvgIpc) is 2.28.